The summed E-state index contributed by atoms with van der Waals surface area (Å²) in [5, 5.41) is 12.5. The van der Waals surface area contributed by atoms with Crippen LogP contribution in [-0.2, 0) is 0 Å². The number of hydrogen-bond acceptors (Lipinski definition) is 2. The molecule has 0 saturated heterocycles. The van der Waals surface area contributed by atoms with Gasteiger partial charge in [-0.3, -0.25) is 4.98 Å². The van der Waals surface area contributed by atoms with Crippen molar-refractivity contribution in [2.45, 2.75) is 39.7 Å². The largest absolute Gasteiger partial charge is 0.388 e. The van der Waals surface area contributed by atoms with Crippen molar-refractivity contribution in [1.82, 2.24) is 4.98 Å². The number of pyridine rings is 1. The standard InChI is InChI=1S/C16H21NO/c1-16(2,3)9-8-15(18)14-11-17-10-12-6-4-5-7-13(12)14/h4-7,10-11,15,18H,8-9H2,1-3H3. The maximum atomic E-state index is 10.3. The smallest absolute Gasteiger partial charge is 0.0811 e. The molecule has 0 fully saturated rings. The van der Waals surface area contributed by atoms with Crippen molar-refractivity contribution in [2.75, 3.05) is 0 Å². The van der Waals surface area contributed by atoms with Gasteiger partial charge in [-0.1, -0.05) is 45.0 Å². The average molecular weight is 243 g/mol. The van der Waals surface area contributed by atoms with E-state index in [1.807, 2.05) is 30.5 Å². The maximum Gasteiger partial charge on any atom is 0.0811 e. The van der Waals surface area contributed by atoms with Crippen molar-refractivity contribution in [3.8, 4) is 0 Å². The van der Waals surface area contributed by atoms with Crippen LogP contribution in [0, 0.1) is 5.41 Å². The number of benzene rings is 1. The number of fused-ring (bicyclic) bond motifs is 1. The van der Waals surface area contributed by atoms with Gasteiger partial charge in [-0.15, -0.1) is 0 Å². The molecule has 96 valence electrons. The van der Waals surface area contributed by atoms with Gasteiger partial charge in [-0.05, 0) is 23.6 Å². The lowest BCUT2D eigenvalue weighted by Gasteiger charge is -2.21. The van der Waals surface area contributed by atoms with Crippen LogP contribution in [0.2, 0.25) is 0 Å². The Hall–Kier alpha value is -1.41. The van der Waals surface area contributed by atoms with Crippen molar-refractivity contribution in [3.05, 3.63) is 42.2 Å². The topological polar surface area (TPSA) is 33.1 Å². The molecule has 0 saturated carbocycles. The highest BCUT2D eigenvalue weighted by atomic mass is 16.3. The normalized spacial score (nSPS) is 13.8. The van der Waals surface area contributed by atoms with Gasteiger partial charge in [-0.2, -0.15) is 0 Å². The molecule has 1 heterocycles. The fourth-order valence-corrected chi connectivity index (χ4v) is 2.13. The first kappa shape index (κ1) is 13.0. The number of aromatic nitrogens is 1. The van der Waals surface area contributed by atoms with Gasteiger partial charge in [0.05, 0.1) is 6.10 Å². The molecule has 2 rings (SSSR count). The summed E-state index contributed by atoms with van der Waals surface area (Å²) in [4.78, 5) is 4.22. The third-order valence-electron chi connectivity index (χ3n) is 3.23. The van der Waals surface area contributed by atoms with Crippen LogP contribution in [0.25, 0.3) is 10.8 Å². The van der Waals surface area contributed by atoms with E-state index >= 15 is 0 Å². The predicted molar refractivity (Wildman–Crippen MR) is 75.4 cm³/mol. The van der Waals surface area contributed by atoms with Gasteiger partial charge in [0, 0.05) is 23.3 Å². The second kappa shape index (κ2) is 5.07. The van der Waals surface area contributed by atoms with E-state index in [9.17, 15) is 5.11 Å². The van der Waals surface area contributed by atoms with Crippen molar-refractivity contribution < 1.29 is 5.11 Å². The molecule has 18 heavy (non-hydrogen) atoms. The Morgan fingerprint density at radius 3 is 2.61 bits per heavy atom. The van der Waals surface area contributed by atoms with Gasteiger partial charge in [0.1, 0.15) is 0 Å². The first-order valence-electron chi connectivity index (χ1n) is 6.48. The number of aliphatic hydroxyl groups is 1. The Bertz CT molecular complexity index is 523. The molecule has 0 amide bonds. The summed E-state index contributed by atoms with van der Waals surface area (Å²) < 4.78 is 0. The highest BCUT2D eigenvalue weighted by molar-refractivity contribution is 5.84. The lowest BCUT2D eigenvalue weighted by atomic mass is 9.87. The van der Waals surface area contributed by atoms with Crippen LogP contribution in [0.15, 0.2) is 36.7 Å². The van der Waals surface area contributed by atoms with Gasteiger partial charge in [0.25, 0.3) is 0 Å². The van der Waals surface area contributed by atoms with Crippen LogP contribution < -0.4 is 0 Å². The minimum Gasteiger partial charge on any atom is -0.388 e. The van der Waals surface area contributed by atoms with Crippen LogP contribution in [0.3, 0.4) is 0 Å². The summed E-state index contributed by atoms with van der Waals surface area (Å²) in [6.07, 6.45) is 4.98. The van der Waals surface area contributed by atoms with Gasteiger partial charge < -0.3 is 5.11 Å². The van der Waals surface area contributed by atoms with E-state index in [4.69, 9.17) is 0 Å². The zero-order valence-electron chi connectivity index (χ0n) is 11.4. The first-order chi connectivity index (χ1) is 8.47. The van der Waals surface area contributed by atoms with Crippen molar-refractivity contribution >= 4 is 10.8 Å². The molecule has 0 spiro atoms. The fraction of sp³-hybridized carbons (Fsp3) is 0.438. The number of nitrogens with zero attached hydrogens (tertiary/aromatic N) is 1. The summed E-state index contributed by atoms with van der Waals surface area (Å²) in [6.45, 7) is 6.59. The van der Waals surface area contributed by atoms with Crippen LogP contribution in [0.4, 0.5) is 0 Å². The maximum absolute atomic E-state index is 10.3. The summed E-state index contributed by atoms with van der Waals surface area (Å²) >= 11 is 0. The highest BCUT2D eigenvalue weighted by Gasteiger charge is 2.16. The fourth-order valence-electron chi connectivity index (χ4n) is 2.13. The minimum absolute atomic E-state index is 0.249. The summed E-state index contributed by atoms with van der Waals surface area (Å²) in [7, 11) is 0. The number of aliphatic hydroxyl groups excluding tert-OH is 1. The van der Waals surface area contributed by atoms with Crippen LogP contribution in [-0.4, -0.2) is 10.1 Å². The molecule has 1 unspecified atom stereocenters. The summed E-state index contributed by atoms with van der Waals surface area (Å²) in [5.74, 6) is 0. The van der Waals surface area contributed by atoms with Crippen LogP contribution in [0.5, 0.6) is 0 Å². The monoisotopic (exact) mass is 243 g/mol. The molecular formula is C16H21NO. The molecule has 2 heteroatoms. The zero-order valence-corrected chi connectivity index (χ0v) is 11.4. The molecule has 0 aliphatic carbocycles. The lowest BCUT2D eigenvalue weighted by Crippen LogP contribution is -2.08. The quantitative estimate of drug-likeness (QED) is 0.880. The van der Waals surface area contributed by atoms with Crippen LogP contribution >= 0.6 is 0 Å². The Kier molecular flexibility index (Phi) is 3.67. The second-order valence-corrected chi connectivity index (χ2v) is 6.06. The van der Waals surface area contributed by atoms with Crippen molar-refractivity contribution in [3.63, 3.8) is 0 Å². The first-order valence-corrected chi connectivity index (χ1v) is 6.48. The van der Waals surface area contributed by atoms with Gasteiger partial charge in [0.2, 0.25) is 0 Å². The lowest BCUT2D eigenvalue weighted by molar-refractivity contribution is 0.148. The van der Waals surface area contributed by atoms with Crippen LogP contribution in [0.1, 0.15) is 45.3 Å². The molecule has 0 aliphatic rings. The molecule has 0 radical (unpaired) electrons. The Morgan fingerprint density at radius 1 is 1.17 bits per heavy atom. The van der Waals surface area contributed by atoms with Crippen molar-refractivity contribution in [1.29, 1.82) is 0 Å². The van der Waals surface area contributed by atoms with E-state index in [0.717, 1.165) is 29.2 Å². The molecule has 1 atom stereocenters. The molecule has 1 aromatic carbocycles. The van der Waals surface area contributed by atoms with Gasteiger partial charge in [-0.25, -0.2) is 0 Å². The number of rotatable bonds is 3. The SMILES string of the molecule is CC(C)(C)CCC(O)c1cncc2ccccc12. The van der Waals surface area contributed by atoms with Gasteiger partial charge >= 0.3 is 0 Å². The van der Waals surface area contributed by atoms with E-state index < -0.39 is 6.10 Å². The van der Waals surface area contributed by atoms with E-state index in [1.165, 1.54) is 0 Å². The molecule has 1 aromatic heterocycles. The number of hydrogen-bond donors (Lipinski definition) is 1. The Labute approximate surface area is 109 Å². The Balaban J connectivity index is 2.25. The summed E-state index contributed by atoms with van der Waals surface area (Å²) in [6, 6.07) is 8.08. The van der Waals surface area contributed by atoms with E-state index in [0.29, 0.717) is 0 Å². The van der Waals surface area contributed by atoms with E-state index in [2.05, 4.69) is 25.8 Å². The van der Waals surface area contributed by atoms with Gasteiger partial charge in [0.15, 0.2) is 0 Å². The van der Waals surface area contributed by atoms with Crippen molar-refractivity contribution in [2.24, 2.45) is 5.41 Å². The van der Waals surface area contributed by atoms with E-state index in [1.54, 1.807) is 6.20 Å². The Morgan fingerprint density at radius 2 is 1.89 bits per heavy atom. The molecule has 1 N–H and O–H groups in total. The predicted octanol–water partition coefficient (Wildman–Crippen LogP) is 4.09. The molecular weight excluding hydrogens is 222 g/mol. The minimum atomic E-state index is -0.428. The highest BCUT2D eigenvalue weighted by Crippen LogP contribution is 2.30. The third-order valence-corrected chi connectivity index (χ3v) is 3.23. The zero-order chi connectivity index (χ0) is 13.2. The molecule has 2 aromatic rings. The molecule has 0 aliphatic heterocycles. The second-order valence-electron chi connectivity index (χ2n) is 6.06. The average Bonchev–Trinajstić information content (AvgIpc) is 2.34. The summed E-state index contributed by atoms with van der Waals surface area (Å²) in [5.41, 5.74) is 1.19. The van der Waals surface area contributed by atoms with E-state index in [-0.39, 0.29) is 5.41 Å². The molecule has 0 bridgehead atoms. The third kappa shape index (κ3) is 3.08. The molecule has 2 nitrogen and oxygen atoms in total.